The van der Waals surface area contributed by atoms with Crippen LogP contribution in [0, 0.1) is 5.92 Å². The van der Waals surface area contributed by atoms with Crippen molar-refractivity contribution in [2.75, 3.05) is 13.1 Å². The highest BCUT2D eigenvalue weighted by Gasteiger charge is 2.31. The molecule has 1 fully saturated rings. The van der Waals surface area contributed by atoms with Crippen LogP contribution in [0.2, 0.25) is 0 Å². The fourth-order valence-corrected chi connectivity index (χ4v) is 2.78. The van der Waals surface area contributed by atoms with Crippen molar-refractivity contribution >= 4 is 12.1 Å². The van der Waals surface area contributed by atoms with Crippen molar-refractivity contribution in [2.24, 2.45) is 5.92 Å². The summed E-state index contributed by atoms with van der Waals surface area (Å²) in [4.78, 5) is 24.5. The van der Waals surface area contributed by atoms with Crippen LogP contribution in [0.3, 0.4) is 0 Å². The number of carboxylic acids is 1. The summed E-state index contributed by atoms with van der Waals surface area (Å²) in [5, 5.41) is 8.89. The van der Waals surface area contributed by atoms with Crippen molar-refractivity contribution in [2.45, 2.75) is 13.0 Å². The molecule has 0 saturated carbocycles. The van der Waals surface area contributed by atoms with E-state index < -0.39 is 5.97 Å². The zero-order valence-electron chi connectivity index (χ0n) is 13.2. The molecule has 0 bridgehead atoms. The Kier molecular flexibility index (Phi) is 4.79. The highest BCUT2D eigenvalue weighted by atomic mass is 16.6. The van der Waals surface area contributed by atoms with Crippen molar-refractivity contribution in [3.8, 4) is 0 Å². The van der Waals surface area contributed by atoms with Gasteiger partial charge in [-0.3, -0.25) is 0 Å². The summed E-state index contributed by atoms with van der Waals surface area (Å²) < 4.78 is 5.29. The average Bonchev–Trinajstić information content (AvgIpc) is 2.57. The Bertz CT molecular complexity index is 706. The van der Waals surface area contributed by atoms with Gasteiger partial charge >= 0.3 is 12.1 Å². The molecule has 1 aliphatic rings. The van der Waals surface area contributed by atoms with Crippen molar-refractivity contribution in [3.63, 3.8) is 0 Å². The maximum absolute atomic E-state index is 12.0. The van der Waals surface area contributed by atoms with Crippen LogP contribution in [0.5, 0.6) is 0 Å². The van der Waals surface area contributed by atoms with Crippen molar-refractivity contribution < 1.29 is 19.4 Å². The summed E-state index contributed by atoms with van der Waals surface area (Å²) >= 11 is 0. The molecule has 1 saturated heterocycles. The third-order valence-electron chi connectivity index (χ3n) is 4.15. The zero-order chi connectivity index (χ0) is 16.9. The lowest BCUT2D eigenvalue weighted by Gasteiger charge is -2.38. The SMILES string of the molecule is O=C(O)c1ccc(CC2CN(C(=O)OCc3ccccc3)C2)cc1. The lowest BCUT2D eigenvalue weighted by molar-refractivity contribution is 0.0495. The predicted molar refractivity (Wildman–Crippen MR) is 88.8 cm³/mol. The molecule has 124 valence electrons. The standard InChI is InChI=1S/C19H19NO4/c21-18(22)17-8-6-14(7-9-17)10-16-11-20(12-16)19(23)24-13-15-4-2-1-3-5-15/h1-9,16H,10-13H2,(H,21,22). The van der Waals surface area contributed by atoms with E-state index in [4.69, 9.17) is 9.84 Å². The van der Waals surface area contributed by atoms with Crippen LogP contribution in [0.25, 0.3) is 0 Å². The summed E-state index contributed by atoms with van der Waals surface area (Å²) in [5.41, 5.74) is 2.35. The second-order valence-corrected chi connectivity index (χ2v) is 6.02. The fourth-order valence-electron chi connectivity index (χ4n) is 2.78. The Morgan fingerprint density at radius 3 is 2.29 bits per heavy atom. The summed E-state index contributed by atoms with van der Waals surface area (Å²) in [7, 11) is 0. The van der Waals surface area contributed by atoms with Crippen molar-refractivity contribution in [1.82, 2.24) is 4.90 Å². The Morgan fingerprint density at radius 2 is 1.67 bits per heavy atom. The molecule has 1 heterocycles. The van der Waals surface area contributed by atoms with E-state index in [-0.39, 0.29) is 12.7 Å². The number of ether oxygens (including phenoxy) is 1. The molecule has 5 nitrogen and oxygen atoms in total. The molecule has 24 heavy (non-hydrogen) atoms. The van der Waals surface area contributed by atoms with Gasteiger partial charge in [-0.25, -0.2) is 9.59 Å². The van der Waals surface area contributed by atoms with Gasteiger partial charge in [0.25, 0.3) is 0 Å². The summed E-state index contributed by atoms with van der Waals surface area (Å²) in [5.74, 6) is -0.525. The molecule has 0 unspecified atom stereocenters. The monoisotopic (exact) mass is 325 g/mol. The normalized spacial score (nSPS) is 14.1. The van der Waals surface area contributed by atoms with E-state index in [2.05, 4.69) is 0 Å². The molecular weight excluding hydrogens is 306 g/mol. The number of hydrogen-bond donors (Lipinski definition) is 1. The molecule has 0 radical (unpaired) electrons. The largest absolute Gasteiger partial charge is 0.478 e. The smallest absolute Gasteiger partial charge is 0.410 e. The predicted octanol–water partition coefficient (Wildman–Crippen LogP) is 3.20. The number of benzene rings is 2. The first-order valence-corrected chi connectivity index (χ1v) is 7.89. The van der Waals surface area contributed by atoms with Gasteiger partial charge in [-0.1, -0.05) is 42.5 Å². The van der Waals surface area contributed by atoms with Crippen molar-refractivity contribution in [3.05, 3.63) is 71.3 Å². The highest BCUT2D eigenvalue weighted by Crippen LogP contribution is 2.22. The molecule has 5 heteroatoms. The van der Waals surface area contributed by atoms with Crippen LogP contribution in [-0.4, -0.2) is 35.2 Å². The van der Waals surface area contributed by atoms with E-state index in [0.29, 0.717) is 24.6 Å². The first-order valence-electron chi connectivity index (χ1n) is 7.89. The van der Waals surface area contributed by atoms with E-state index in [9.17, 15) is 9.59 Å². The van der Waals surface area contributed by atoms with Crippen LogP contribution >= 0.6 is 0 Å². The quantitative estimate of drug-likeness (QED) is 0.917. The Hall–Kier alpha value is -2.82. The topological polar surface area (TPSA) is 66.8 Å². The van der Waals surface area contributed by atoms with Crippen LogP contribution in [0.4, 0.5) is 4.79 Å². The molecule has 0 spiro atoms. The maximum Gasteiger partial charge on any atom is 0.410 e. The second kappa shape index (κ2) is 7.17. The molecule has 1 amide bonds. The van der Waals surface area contributed by atoms with Crippen LogP contribution in [0.15, 0.2) is 54.6 Å². The number of rotatable bonds is 5. The molecule has 3 rings (SSSR count). The van der Waals surface area contributed by atoms with Crippen LogP contribution in [0.1, 0.15) is 21.5 Å². The molecule has 0 aliphatic carbocycles. The third kappa shape index (κ3) is 3.93. The second-order valence-electron chi connectivity index (χ2n) is 6.02. The molecular formula is C19H19NO4. The summed E-state index contributed by atoms with van der Waals surface area (Å²) in [6.45, 7) is 1.64. The van der Waals surface area contributed by atoms with Crippen LogP contribution in [-0.2, 0) is 17.8 Å². The Morgan fingerprint density at radius 1 is 1.00 bits per heavy atom. The van der Waals surface area contributed by atoms with Gasteiger partial charge in [-0.2, -0.15) is 0 Å². The average molecular weight is 325 g/mol. The minimum atomic E-state index is -0.919. The Labute approximate surface area is 140 Å². The number of carbonyl (C=O) groups is 2. The lowest BCUT2D eigenvalue weighted by atomic mass is 9.92. The van der Waals surface area contributed by atoms with E-state index in [1.54, 1.807) is 17.0 Å². The van der Waals surface area contributed by atoms with Gasteiger partial charge in [-0.05, 0) is 35.6 Å². The van der Waals surface area contributed by atoms with Gasteiger partial charge in [0, 0.05) is 13.1 Å². The minimum Gasteiger partial charge on any atom is -0.478 e. The van der Waals surface area contributed by atoms with Crippen LogP contribution < -0.4 is 0 Å². The number of aromatic carboxylic acids is 1. The number of carboxylic acid groups (broad SMARTS) is 1. The van der Waals surface area contributed by atoms with E-state index >= 15 is 0 Å². The molecule has 1 N–H and O–H groups in total. The number of hydrogen-bond acceptors (Lipinski definition) is 3. The maximum atomic E-state index is 12.0. The number of nitrogens with zero attached hydrogens (tertiary/aromatic N) is 1. The van der Waals surface area contributed by atoms with Gasteiger partial charge < -0.3 is 14.7 Å². The highest BCUT2D eigenvalue weighted by molar-refractivity contribution is 5.87. The van der Waals surface area contributed by atoms with Gasteiger partial charge in [0.2, 0.25) is 0 Å². The molecule has 0 atom stereocenters. The fraction of sp³-hybridized carbons (Fsp3) is 0.263. The number of likely N-dealkylation sites (tertiary alicyclic amines) is 1. The van der Waals surface area contributed by atoms with E-state index in [1.165, 1.54) is 0 Å². The lowest BCUT2D eigenvalue weighted by Crippen LogP contribution is -2.50. The van der Waals surface area contributed by atoms with Gasteiger partial charge in [0.05, 0.1) is 5.56 Å². The minimum absolute atomic E-state index is 0.281. The Balaban J connectivity index is 1.42. The third-order valence-corrected chi connectivity index (χ3v) is 4.15. The van der Waals surface area contributed by atoms with Gasteiger partial charge in [0.1, 0.15) is 6.61 Å². The van der Waals surface area contributed by atoms with Crippen molar-refractivity contribution in [1.29, 1.82) is 0 Å². The summed E-state index contributed by atoms with van der Waals surface area (Å²) in [6.07, 6.45) is 0.555. The number of amides is 1. The first kappa shape index (κ1) is 16.1. The molecule has 0 aromatic heterocycles. The van der Waals surface area contributed by atoms with E-state index in [0.717, 1.165) is 17.5 Å². The first-order chi connectivity index (χ1) is 11.6. The van der Waals surface area contributed by atoms with Gasteiger partial charge in [0.15, 0.2) is 0 Å². The zero-order valence-corrected chi connectivity index (χ0v) is 13.2. The molecule has 2 aromatic rings. The summed E-state index contributed by atoms with van der Waals surface area (Å²) in [6, 6.07) is 16.5. The van der Waals surface area contributed by atoms with Gasteiger partial charge in [-0.15, -0.1) is 0 Å². The number of carbonyl (C=O) groups excluding carboxylic acids is 1. The molecule has 2 aromatic carbocycles. The molecule has 1 aliphatic heterocycles. The van der Waals surface area contributed by atoms with E-state index in [1.807, 2.05) is 42.5 Å².